The quantitative estimate of drug-likeness (QED) is 0.489. The van der Waals surface area contributed by atoms with Crippen molar-refractivity contribution in [3.8, 4) is 0 Å². The highest BCUT2D eigenvalue weighted by atomic mass is 16.5. The summed E-state index contributed by atoms with van der Waals surface area (Å²) >= 11 is 0. The predicted molar refractivity (Wildman–Crippen MR) is 75.8 cm³/mol. The van der Waals surface area contributed by atoms with Crippen molar-refractivity contribution in [2.75, 3.05) is 39.5 Å². The molecule has 6 heteroatoms. The van der Waals surface area contributed by atoms with E-state index in [0.29, 0.717) is 39.3 Å². The molecule has 0 aromatic carbocycles. The molecule has 0 radical (unpaired) electrons. The fourth-order valence-corrected chi connectivity index (χ4v) is 2.08. The van der Waals surface area contributed by atoms with E-state index < -0.39 is 11.7 Å². The Morgan fingerprint density at radius 1 is 1.40 bits per heavy atom. The molecule has 0 amide bonds. The van der Waals surface area contributed by atoms with Crippen LogP contribution in [0.3, 0.4) is 0 Å². The van der Waals surface area contributed by atoms with Crippen LogP contribution in [0.25, 0.3) is 0 Å². The molecular weight excluding hydrogens is 262 g/mol. The lowest BCUT2D eigenvalue weighted by Gasteiger charge is -2.26. The van der Waals surface area contributed by atoms with Crippen LogP contribution in [0.15, 0.2) is 0 Å². The highest BCUT2D eigenvalue weighted by Crippen LogP contribution is 2.24. The van der Waals surface area contributed by atoms with Crippen LogP contribution in [0.1, 0.15) is 27.2 Å². The molecule has 1 aliphatic heterocycles. The van der Waals surface area contributed by atoms with Crippen LogP contribution >= 0.6 is 0 Å². The van der Waals surface area contributed by atoms with Gasteiger partial charge in [-0.2, -0.15) is 0 Å². The third kappa shape index (κ3) is 6.47. The summed E-state index contributed by atoms with van der Waals surface area (Å²) in [5.41, 5.74) is -0.828. The SMILES string of the molecule is CC(C)OCCOCC(O)CNCC1(O)CCOC1C. The molecule has 0 spiro atoms. The van der Waals surface area contributed by atoms with Gasteiger partial charge < -0.3 is 29.7 Å². The van der Waals surface area contributed by atoms with Gasteiger partial charge in [0.25, 0.3) is 0 Å². The molecule has 0 saturated carbocycles. The zero-order valence-electron chi connectivity index (χ0n) is 12.8. The summed E-state index contributed by atoms with van der Waals surface area (Å²) in [6.07, 6.45) is 0.0636. The first-order valence-electron chi connectivity index (χ1n) is 7.36. The van der Waals surface area contributed by atoms with Gasteiger partial charge in [0, 0.05) is 26.1 Å². The molecule has 20 heavy (non-hydrogen) atoms. The molecule has 1 fully saturated rings. The third-order valence-corrected chi connectivity index (χ3v) is 3.46. The summed E-state index contributed by atoms with van der Waals surface area (Å²) in [7, 11) is 0. The Labute approximate surface area is 121 Å². The van der Waals surface area contributed by atoms with Crippen molar-refractivity contribution in [2.24, 2.45) is 0 Å². The molecule has 1 aliphatic rings. The molecule has 120 valence electrons. The molecule has 0 aromatic rings. The summed E-state index contributed by atoms with van der Waals surface area (Å²) in [5, 5.41) is 23.1. The molecule has 0 bridgehead atoms. The molecular formula is C14H29NO5. The Hall–Kier alpha value is -0.240. The van der Waals surface area contributed by atoms with E-state index in [9.17, 15) is 10.2 Å². The summed E-state index contributed by atoms with van der Waals surface area (Å²) in [6.45, 7) is 8.47. The molecule has 1 rings (SSSR count). The molecule has 3 N–H and O–H groups in total. The Morgan fingerprint density at radius 3 is 2.75 bits per heavy atom. The summed E-state index contributed by atoms with van der Waals surface area (Å²) in [5.74, 6) is 0. The fourth-order valence-electron chi connectivity index (χ4n) is 2.08. The fraction of sp³-hybridized carbons (Fsp3) is 1.00. The average molecular weight is 291 g/mol. The molecule has 3 unspecified atom stereocenters. The maximum Gasteiger partial charge on any atom is 0.105 e. The van der Waals surface area contributed by atoms with Crippen molar-refractivity contribution in [3.05, 3.63) is 0 Å². The molecule has 0 aliphatic carbocycles. The van der Waals surface area contributed by atoms with Crippen LogP contribution in [0.2, 0.25) is 0 Å². The number of ether oxygens (including phenoxy) is 3. The van der Waals surface area contributed by atoms with E-state index in [1.165, 1.54) is 0 Å². The van der Waals surface area contributed by atoms with Crippen molar-refractivity contribution in [3.63, 3.8) is 0 Å². The van der Waals surface area contributed by atoms with E-state index in [4.69, 9.17) is 14.2 Å². The lowest BCUT2D eigenvalue weighted by molar-refractivity contribution is -0.0316. The Bertz CT molecular complexity index is 264. The second-order valence-corrected chi connectivity index (χ2v) is 5.65. The topological polar surface area (TPSA) is 80.2 Å². The first-order chi connectivity index (χ1) is 9.44. The first kappa shape index (κ1) is 17.8. The Morgan fingerprint density at radius 2 is 2.15 bits per heavy atom. The monoisotopic (exact) mass is 291 g/mol. The number of hydrogen-bond donors (Lipinski definition) is 3. The van der Waals surface area contributed by atoms with Crippen LogP contribution < -0.4 is 5.32 Å². The van der Waals surface area contributed by atoms with Crippen LogP contribution in [-0.4, -0.2) is 73.6 Å². The van der Waals surface area contributed by atoms with Gasteiger partial charge in [-0.15, -0.1) is 0 Å². The first-order valence-corrected chi connectivity index (χ1v) is 7.36. The smallest absolute Gasteiger partial charge is 0.105 e. The van der Waals surface area contributed by atoms with Crippen LogP contribution in [-0.2, 0) is 14.2 Å². The average Bonchev–Trinajstić information content (AvgIpc) is 2.69. The molecule has 3 atom stereocenters. The lowest BCUT2D eigenvalue weighted by Crippen LogP contribution is -2.47. The second kappa shape index (κ2) is 8.92. The second-order valence-electron chi connectivity index (χ2n) is 5.65. The van der Waals surface area contributed by atoms with Gasteiger partial charge in [0.1, 0.15) is 5.60 Å². The standard InChI is InChI=1S/C14H29NO5/c1-11(2)19-7-6-18-9-13(16)8-15-10-14(17)4-5-20-12(14)3/h11-13,15-17H,4-10H2,1-3H3. The number of aliphatic hydroxyl groups is 2. The zero-order chi connectivity index (χ0) is 15.0. The maximum absolute atomic E-state index is 10.3. The van der Waals surface area contributed by atoms with Crippen molar-refractivity contribution < 1.29 is 24.4 Å². The van der Waals surface area contributed by atoms with Gasteiger partial charge in [0.2, 0.25) is 0 Å². The molecule has 1 heterocycles. The van der Waals surface area contributed by atoms with E-state index >= 15 is 0 Å². The molecule has 6 nitrogen and oxygen atoms in total. The highest BCUT2D eigenvalue weighted by Gasteiger charge is 2.39. The van der Waals surface area contributed by atoms with E-state index in [2.05, 4.69) is 5.32 Å². The van der Waals surface area contributed by atoms with E-state index in [-0.39, 0.29) is 18.8 Å². The maximum atomic E-state index is 10.3. The zero-order valence-corrected chi connectivity index (χ0v) is 12.8. The third-order valence-electron chi connectivity index (χ3n) is 3.46. The van der Waals surface area contributed by atoms with Gasteiger partial charge in [-0.05, 0) is 20.8 Å². The van der Waals surface area contributed by atoms with E-state index in [0.717, 1.165) is 0 Å². The largest absolute Gasteiger partial charge is 0.389 e. The Kier molecular flexibility index (Phi) is 7.94. The molecule has 1 saturated heterocycles. The Balaban J connectivity index is 2.01. The lowest BCUT2D eigenvalue weighted by atomic mass is 9.97. The van der Waals surface area contributed by atoms with Crippen molar-refractivity contribution in [2.45, 2.75) is 51.1 Å². The van der Waals surface area contributed by atoms with Crippen LogP contribution in [0.4, 0.5) is 0 Å². The summed E-state index contributed by atoms with van der Waals surface area (Å²) in [6, 6.07) is 0. The van der Waals surface area contributed by atoms with Gasteiger partial charge in [-0.3, -0.25) is 0 Å². The molecule has 0 aromatic heterocycles. The van der Waals surface area contributed by atoms with Gasteiger partial charge in [0.05, 0.1) is 38.1 Å². The van der Waals surface area contributed by atoms with Gasteiger partial charge >= 0.3 is 0 Å². The van der Waals surface area contributed by atoms with Gasteiger partial charge in [-0.1, -0.05) is 0 Å². The minimum atomic E-state index is -0.828. The van der Waals surface area contributed by atoms with Crippen molar-refractivity contribution in [1.29, 1.82) is 0 Å². The number of hydrogen-bond acceptors (Lipinski definition) is 6. The normalized spacial score (nSPS) is 28.2. The van der Waals surface area contributed by atoms with E-state index in [1.54, 1.807) is 0 Å². The van der Waals surface area contributed by atoms with Crippen LogP contribution in [0, 0.1) is 0 Å². The van der Waals surface area contributed by atoms with Gasteiger partial charge in [-0.25, -0.2) is 0 Å². The van der Waals surface area contributed by atoms with Crippen molar-refractivity contribution in [1.82, 2.24) is 5.32 Å². The number of nitrogens with one attached hydrogen (secondary N) is 1. The summed E-state index contributed by atoms with van der Waals surface area (Å²) < 4.78 is 16.0. The van der Waals surface area contributed by atoms with Gasteiger partial charge in [0.15, 0.2) is 0 Å². The number of rotatable bonds is 10. The van der Waals surface area contributed by atoms with Crippen molar-refractivity contribution >= 4 is 0 Å². The van der Waals surface area contributed by atoms with E-state index in [1.807, 2.05) is 20.8 Å². The van der Waals surface area contributed by atoms with Crippen LogP contribution in [0.5, 0.6) is 0 Å². The predicted octanol–water partition coefficient (Wildman–Crippen LogP) is -0.0816. The minimum absolute atomic E-state index is 0.170. The number of aliphatic hydroxyl groups excluding tert-OH is 1. The highest BCUT2D eigenvalue weighted by molar-refractivity contribution is 4.91. The minimum Gasteiger partial charge on any atom is -0.389 e. The summed E-state index contributed by atoms with van der Waals surface area (Å²) in [4.78, 5) is 0.